The van der Waals surface area contributed by atoms with Crippen molar-refractivity contribution in [1.82, 2.24) is 0 Å². The van der Waals surface area contributed by atoms with Crippen molar-refractivity contribution in [3.8, 4) is 0 Å². The zero-order valence-electron chi connectivity index (χ0n) is 7.80. The van der Waals surface area contributed by atoms with Gasteiger partial charge >= 0.3 is 74.0 Å². The maximum absolute atomic E-state index is 6.44. The van der Waals surface area contributed by atoms with Crippen LogP contribution in [0, 0.1) is 0 Å². The fourth-order valence-corrected chi connectivity index (χ4v) is 0. The quantitative estimate of drug-likeness (QED) is 0.628. The zero-order chi connectivity index (χ0) is 10.0. The van der Waals surface area contributed by atoms with Crippen LogP contribution in [-0.4, -0.2) is 4.49 Å². The Kier molecular flexibility index (Phi) is 0.946. The van der Waals surface area contributed by atoms with E-state index in [-0.39, 0.29) is 0 Å². The summed E-state index contributed by atoms with van der Waals surface area (Å²) in [6, 6.07) is 0. The molecule has 0 aromatic carbocycles. The summed E-state index contributed by atoms with van der Waals surface area (Å²) in [6.07, 6.45) is 0. The first-order valence-electron chi connectivity index (χ1n) is 2.63. The molecule has 0 heterocycles. The van der Waals surface area contributed by atoms with Crippen LogP contribution in [0.2, 0.25) is 21.6 Å². The van der Waals surface area contributed by atoms with Gasteiger partial charge in [0, 0.05) is 0 Å². The first-order chi connectivity index (χ1) is 3.61. The molecule has 11 heavy (non-hydrogen) atoms. The van der Waals surface area contributed by atoms with Gasteiger partial charge in [0.05, 0.1) is 0 Å². The Labute approximate surface area is 73.4 Å². The van der Waals surface area contributed by atoms with Gasteiger partial charge in [-0.15, -0.1) is 0 Å². The molecule has 2 nitrogen and oxygen atoms in total. The standard InChI is InChI=1S/C2H4.4CH3.2BrH.2H2N.Pd/c1-2;;;;;;;;;/h1H,2H3;4*1H3;2*1H;2*1H2;/q;;;;;;;2*-1;+4/p-2. The van der Waals surface area contributed by atoms with Gasteiger partial charge in [0.15, 0.2) is 0 Å². The summed E-state index contributed by atoms with van der Waals surface area (Å²) in [4.78, 5) is 0. The van der Waals surface area contributed by atoms with Crippen molar-refractivity contribution in [1.29, 1.82) is 0 Å². The third kappa shape index (κ3) is 11.4. The fraction of sp³-hybridized carbons (Fsp3) is 0.833. The van der Waals surface area contributed by atoms with Gasteiger partial charge in [0.2, 0.25) is 0 Å². The second-order valence-electron chi connectivity index (χ2n) is 6.00. The van der Waals surface area contributed by atoms with Crippen LogP contribution in [-0.2, 0) is 5.43 Å². The Morgan fingerprint density at radius 3 is 1.09 bits per heavy atom. The van der Waals surface area contributed by atoms with E-state index in [2.05, 4.69) is 26.9 Å². The molecule has 0 bridgehead atoms. The monoisotopic (exact) mass is 384 g/mol. The second kappa shape index (κ2) is 0.839. The molecule has 0 rings (SSSR count). The molecule has 4 N–H and O–H groups in total. The van der Waals surface area contributed by atoms with E-state index in [4.69, 9.17) is 8.73 Å². The van der Waals surface area contributed by atoms with Gasteiger partial charge in [-0.05, 0) is 0 Å². The number of nitrogens with two attached hydrogens (primary N) is 2. The van der Waals surface area contributed by atoms with Crippen LogP contribution in [0.5, 0.6) is 0 Å². The van der Waals surface area contributed by atoms with Crippen LogP contribution in [0.25, 0.3) is 0 Å². The summed E-state index contributed by atoms with van der Waals surface area (Å²) in [5, 5.41) is 7.27. The van der Waals surface area contributed by atoms with Crippen molar-refractivity contribution < 1.29 is 5.43 Å². The minimum absolute atomic E-state index is 1.82. The van der Waals surface area contributed by atoms with E-state index in [0.29, 0.717) is 0 Å². The Balaban J connectivity index is 7.24. The Morgan fingerprint density at radius 1 is 1.00 bits per heavy atom. The fourth-order valence-electron chi connectivity index (χ4n) is 0. The summed E-state index contributed by atoms with van der Waals surface area (Å²) in [5.74, 6) is 0. The van der Waals surface area contributed by atoms with Crippen molar-refractivity contribution in [3.63, 3.8) is 0 Å². The van der Waals surface area contributed by atoms with Gasteiger partial charge in [0.1, 0.15) is 0 Å². The van der Waals surface area contributed by atoms with Crippen LogP contribution in [0.4, 0.5) is 0 Å². The summed E-state index contributed by atoms with van der Waals surface area (Å²) in [6.45, 7) is 1.85. The molecule has 0 unspecified atom stereocenters. The second-order valence-corrected chi connectivity index (χ2v) is 76.5. The SMILES string of the molecule is C[CH]=[Pd]([CH3])([CH3])([CH3])([CH3])([NH2])([NH2])([Br])[Br]. The van der Waals surface area contributed by atoms with Crippen LogP contribution >= 0.6 is 26.9 Å². The van der Waals surface area contributed by atoms with Crippen LogP contribution in [0.3, 0.4) is 0 Å². The van der Waals surface area contributed by atoms with Gasteiger partial charge in [0.25, 0.3) is 0 Å². The summed E-state index contributed by atoms with van der Waals surface area (Å²) >= 11 is 7.10. The van der Waals surface area contributed by atoms with E-state index in [1.807, 2.05) is 33.0 Å². The molecular formula is C6H20Br2N2Pd. The molecule has 0 aliphatic carbocycles. The predicted molar refractivity (Wildman–Crippen MR) is 61.4 cm³/mol. The van der Waals surface area contributed by atoms with E-state index in [9.17, 15) is 0 Å². The van der Waals surface area contributed by atoms with Crippen LogP contribution in [0.15, 0.2) is 0 Å². The summed E-state index contributed by atoms with van der Waals surface area (Å²) in [5.41, 5.74) is -5.13. The normalized spacial score (nSPS) is 32.6. The predicted octanol–water partition coefficient (Wildman–Crippen LogP) is 3.20. The first-order valence-corrected chi connectivity index (χ1v) is 18.6. The molecular weight excluding hydrogens is 366 g/mol. The Morgan fingerprint density at radius 2 is 1.09 bits per heavy atom. The van der Waals surface area contributed by atoms with E-state index in [0.717, 1.165) is 0 Å². The van der Waals surface area contributed by atoms with Crippen LogP contribution in [0.1, 0.15) is 6.92 Å². The van der Waals surface area contributed by atoms with E-state index < -0.39 is 5.43 Å². The molecule has 0 fully saturated rings. The number of halogens is 2. The molecule has 78 valence electrons. The zero-order valence-corrected chi connectivity index (χ0v) is 12.5. The molecule has 5 heteroatoms. The number of hydrogen-bond acceptors (Lipinski definition) is 2. The molecule has 0 amide bonds. The minimum atomic E-state index is -5.13. The van der Waals surface area contributed by atoms with Crippen molar-refractivity contribution >= 4 is 31.3 Å². The summed E-state index contributed by atoms with van der Waals surface area (Å²) in [7, 11) is 0. The molecule has 0 aromatic rings. The van der Waals surface area contributed by atoms with Crippen LogP contribution < -0.4 is 8.73 Å². The molecule has 0 spiro atoms. The van der Waals surface area contributed by atoms with Gasteiger partial charge in [-0.3, -0.25) is 0 Å². The van der Waals surface area contributed by atoms with Gasteiger partial charge < -0.3 is 0 Å². The van der Waals surface area contributed by atoms with Crippen molar-refractivity contribution in [3.05, 3.63) is 0 Å². The third-order valence-electron chi connectivity index (χ3n) is 1.08. The molecule has 0 aliphatic heterocycles. The molecule has 0 aliphatic rings. The average molecular weight is 386 g/mol. The molecule has 0 radical (unpaired) electrons. The molecule has 0 aromatic heterocycles. The van der Waals surface area contributed by atoms with E-state index in [1.165, 1.54) is 0 Å². The Bertz CT molecular complexity index is 340. The van der Waals surface area contributed by atoms with Crippen molar-refractivity contribution in [2.75, 3.05) is 0 Å². The van der Waals surface area contributed by atoms with Crippen molar-refractivity contribution in [2.45, 2.75) is 28.5 Å². The third-order valence-corrected chi connectivity index (χ3v) is 9.81. The molecule has 0 saturated carbocycles. The maximum atomic E-state index is 6.44. The average Bonchev–Trinajstić information content (AvgIpc) is 1.24. The van der Waals surface area contributed by atoms with Gasteiger partial charge in [-0.2, -0.15) is 0 Å². The first kappa shape index (κ1) is 12.4. The van der Waals surface area contributed by atoms with E-state index >= 15 is 0 Å². The van der Waals surface area contributed by atoms with Gasteiger partial charge in [-0.25, -0.2) is 0 Å². The number of rotatable bonds is 0. The van der Waals surface area contributed by atoms with E-state index in [1.54, 1.807) is 0 Å². The Hall–Kier alpha value is 1.41. The van der Waals surface area contributed by atoms with Crippen molar-refractivity contribution in [2.24, 2.45) is 8.73 Å². The number of hydrogen-bond donors (Lipinski definition) is 2. The van der Waals surface area contributed by atoms with Gasteiger partial charge in [-0.1, -0.05) is 0 Å². The molecule has 0 atom stereocenters. The topological polar surface area (TPSA) is 52.0 Å². The molecule has 0 saturated heterocycles. The summed E-state index contributed by atoms with van der Waals surface area (Å²) < 4.78 is 14.7.